The summed E-state index contributed by atoms with van der Waals surface area (Å²) in [7, 11) is 3.33. The average molecular weight is 419 g/mol. The first-order valence-corrected chi connectivity index (χ1v) is 9.44. The van der Waals surface area contributed by atoms with Crippen LogP contribution in [0.1, 0.15) is 12.7 Å². The van der Waals surface area contributed by atoms with E-state index in [2.05, 4.69) is 25.5 Å². The van der Waals surface area contributed by atoms with Crippen molar-refractivity contribution in [2.24, 2.45) is 7.05 Å². The molecule has 0 fully saturated rings. The van der Waals surface area contributed by atoms with Crippen LogP contribution in [0.5, 0.6) is 0 Å². The van der Waals surface area contributed by atoms with Gasteiger partial charge in [-0.3, -0.25) is 9.48 Å². The fourth-order valence-electron chi connectivity index (χ4n) is 3.11. The monoisotopic (exact) mass is 419 g/mol. The van der Waals surface area contributed by atoms with Crippen LogP contribution in [0.15, 0.2) is 53.6 Å². The maximum atomic E-state index is 11.4. The SMILES string of the molecule is CNC(=O)/C=C\C(=N)C(C)(O)c1cc(-c2c[nH]c3ncc(-c4cnn(C)c4)cc23)no1. The van der Waals surface area contributed by atoms with Crippen molar-refractivity contribution in [3.63, 3.8) is 0 Å². The number of amides is 1. The topological polar surface area (TPSA) is 146 Å². The molecule has 0 bridgehead atoms. The van der Waals surface area contributed by atoms with Crippen LogP contribution in [-0.2, 0) is 17.4 Å². The molecule has 4 aromatic heterocycles. The van der Waals surface area contributed by atoms with Crippen LogP contribution < -0.4 is 5.32 Å². The van der Waals surface area contributed by atoms with Crippen LogP contribution >= 0.6 is 0 Å². The number of hydrogen-bond acceptors (Lipinski definition) is 7. The highest BCUT2D eigenvalue weighted by Crippen LogP contribution is 2.33. The Labute approximate surface area is 177 Å². The number of rotatable bonds is 6. The smallest absolute Gasteiger partial charge is 0.243 e. The Hall–Kier alpha value is -4.05. The number of hydrogen-bond donors (Lipinski definition) is 4. The molecule has 0 aliphatic rings. The number of carbonyl (C=O) groups is 1. The number of pyridine rings is 1. The summed E-state index contributed by atoms with van der Waals surface area (Å²) in [4.78, 5) is 18.9. The molecule has 10 heteroatoms. The minimum absolute atomic E-state index is 0.0831. The van der Waals surface area contributed by atoms with E-state index in [0.717, 1.165) is 22.1 Å². The van der Waals surface area contributed by atoms with Gasteiger partial charge >= 0.3 is 0 Å². The van der Waals surface area contributed by atoms with Crippen molar-refractivity contribution in [3.05, 3.63) is 54.8 Å². The van der Waals surface area contributed by atoms with Crippen molar-refractivity contribution in [2.45, 2.75) is 12.5 Å². The number of carbonyl (C=O) groups excluding carboxylic acids is 1. The van der Waals surface area contributed by atoms with Gasteiger partial charge in [0.15, 0.2) is 11.4 Å². The van der Waals surface area contributed by atoms with Crippen molar-refractivity contribution in [3.8, 4) is 22.4 Å². The minimum atomic E-state index is -1.76. The second-order valence-electron chi connectivity index (χ2n) is 7.24. The second kappa shape index (κ2) is 7.65. The summed E-state index contributed by atoms with van der Waals surface area (Å²) in [5.74, 6) is -0.297. The molecule has 0 saturated carbocycles. The van der Waals surface area contributed by atoms with Crippen LogP contribution in [0.3, 0.4) is 0 Å². The second-order valence-corrected chi connectivity index (χ2v) is 7.24. The molecule has 4 N–H and O–H groups in total. The van der Waals surface area contributed by atoms with E-state index in [0.29, 0.717) is 11.3 Å². The fraction of sp³-hybridized carbons (Fsp3) is 0.190. The van der Waals surface area contributed by atoms with Gasteiger partial charge in [-0.2, -0.15) is 5.10 Å². The third-order valence-electron chi connectivity index (χ3n) is 5.01. The molecule has 1 amide bonds. The number of aryl methyl sites for hydroxylation is 1. The number of aromatic amines is 1. The van der Waals surface area contributed by atoms with Crippen molar-refractivity contribution in [1.82, 2.24) is 30.2 Å². The number of H-pyrrole nitrogens is 1. The van der Waals surface area contributed by atoms with Crippen molar-refractivity contribution >= 4 is 22.7 Å². The molecular formula is C21H21N7O3. The molecule has 0 aliphatic heterocycles. The molecule has 4 aromatic rings. The molecule has 10 nitrogen and oxygen atoms in total. The van der Waals surface area contributed by atoms with Gasteiger partial charge in [0.1, 0.15) is 11.3 Å². The number of nitrogens with zero attached hydrogens (tertiary/aromatic N) is 4. The van der Waals surface area contributed by atoms with Gasteiger partial charge in [-0.05, 0) is 19.1 Å². The van der Waals surface area contributed by atoms with Crippen LogP contribution in [0.2, 0.25) is 0 Å². The lowest BCUT2D eigenvalue weighted by atomic mass is 9.95. The number of aromatic nitrogens is 5. The molecule has 4 rings (SSSR count). The zero-order valence-electron chi connectivity index (χ0n) is 17.2. The van der Waals surface area contributed by atoms with Gasteiger partial charge < -0.3 is 25.3 Å². The van der Waals surface area contributed by atoms with Crippen LogP contribution in [-0.4, -0.2) is 48.7 Å². The normalized spacial score (nSPS) is 13.5. The summed E-state index contributed by atoms with van der Waals surface area (Å²) in [5, 5.41) is 30.4. The van der Waals surface area contributed by atoms with E-state index >= 15 is 0 Å². The molecule has 1 atom stereocenters. The first-order chi connectivity index (χ1) is 14.8. The zero-order chi connectivity index (χ0) is 22.2. The van der Waals surface area contributed by atoms with Crippen LogP contribution in [0.4, 0.5) is 0 Å². The Morgan fingerprint density at radius 3 is 2.84 bits per heavy atom. The molecule has 4 heterocycles. The fourth-order valence-corrected chi connectivity index (χ4v) is 3.11. The summed E-state index contributed by atoms with van der Waals surface area (Å²) >= 11 is 0. The molecule has 0 aromatic carbocycles. The lowest BCUT2D eigenvalue weighted by molar-refractivity contribution is -0.116. The molecule has 0 saturated heterocycles. The summed E-state index contributed by atoms with van der Waals surface area (Å²) in [6.45, 7) is 1.41. The summed E-state index contributed by atoms with van der Waals surface area (Å²) < 4.78 is 7.07. The van der Waals surface area contributed by atoms with Gasteiger partial charge in [0.25, 0.3) is 0 Å². The summed E-state index contributed by atoms with van der Waals surface area (Å²) in [6.07, 6.45) is 9.57. The predicted molar refractivity (Wildman–Crippen MR) is 114 cm³/mol. The standard InChI is InChI=1S/C21H21N7O3/c1-21(30,17(22)4-5-19(29)23-2)18-7-16(27-31-18)15-10-25-20-14(15)6-12(8-24-20)13-9-26-28(3)11-13/h4-11,22,30H,1-3H3,(H,23,29)(H,24,25)/b5-4-,22-17?. The van der Waals surface area contributed by atoms with E-state index in [-0.39, 0.29) is 17.4 Å². The Balaban J connectivity index is 1.68. The van der Waals surface area contributed by atoms with Crippen molar-refractivity contribution in [2.75, 3.05) is 7.05 Å². The Morgan fingerprint density at radius 2 is 2.13 bits per heavy atom. The molecule has 0 aliphatic carbocycles. The minimum Gasteiger partial charge on any atom is -0.376 e. The van der Waals surface area contributed by atoms with Gasteiger partial charge in [-0.1, -0.05) is 5.16 Å². The highest BCUT2D eigenvalue weighted by Gasteiger charge is 2.32. The van der Waals surface area contributed by atoms with Gasteiger partial charge in [0, 0.05) is 66.9 Å². The molecule has 0 spiro atoms. The van der Waals surface area contributed by atoms with Crippen LogP contribution in [0.25, 0.3) is 33.4 Å². The van der Waals surface area contributed by atoms with Crippen molar-refractivity contribution < 1.29 is 14.4 Å². The highest BCUT2D eigenvalue weighted by atomic mass is 16.5. The predicted octanol–water partition coefficient (Wildman–Crippen LogP) is 2.15. The zero-order valence-corrected chi connectivity index (χ0v) is 17.2. The Morgan fingerprint density at radius 1 is 1.32 bits per heavy atom. The number of aliphatic hydroxyl groups is 1. The largest absolute Gasteiger partial charge is 0.376 e. The number of fused-ring (bicyclic) bond motifs is 1. The Kier molecular flexibility index (Phi) is 4.99. The van der Waals surface area contributed by atoms with E-state index in [9.17, 15) is 9.90 Å². The highest BCUT2D eigenvalue weighted by molar-refractivity contribution is 6.03. The summed E-state index contributed by atoms with van der Waals surface area (Å²) in [6, 6.07) is 3.55. The molecule has 0 radical (unpaired) electrons. The molecule has 1 unspecified atom stereocenters. The molecule has 158 valence electrons. The maximum absolute atomic E-state index is 11.4. The van der Waals surface area contributed by atoms with Gasteiger partial charge in [-0.15, -0.1) is 0 Å². The Bertz CT molecular complexity index is 1310. The van der Waals surface area contributed by atoms with Gasteiger partial charge in [0.05, 0.1) is 11.9 Å². The third-order valence-corrected chi connectivity index (χ3v) is 5.01. The first kappa shape index (κ1) is 20.2. The third kappa shape index (κ3) is 3.76. The van der Waals surface area contributed by atoms with E-state index in [1.165, 1.54) is 26.1 Å². The lowest BCUT2D eigenvalue weighted by Crippen LogP contribution is -2.30. The first-order valence-electron chi connectivity index (χ1n) is 9.44. The van der Waals surface area contributed by atoms with E-state index < -0.39 is 5.60 Å². The molecular weight excluding hydrogens is 398 g/mol. The van der Waals surface area contributed by atoms with E-state index in [1.807, 2.05) is 19.3 Å². The van der Waals surface area contributed by atoms with E-state index in [1.54, 1.807) is 29.3 Å². The van der Waals surface area contributed by atoms with E-state index in [4.69, 9.17) is 9.93 Å². The van der Waals surface area contributed by atoms with Crippen LogP contribution in [0, 0.1) is 5.41 Å². The average Bonchev–Trinajstić information content (AvgIpc) is 3.50. The molecule has 31 heavy (non-hydrogen) atoms. The van der Waals surface area contributed by atoms with Gasteiger partial charge in [-0.25, -0.2) is 4.98 Å². The number of nitrogens with one attached hydrogen (secondary N) is 3. The number of likely N-dealkylation sites (N-methyl/N-ethyl adjacent to an activating group) is 1. The quantitative estimate of drug-likeness (QED) is 0.278. The van der Waals surface area contributed by atoms with Gasteiger partial charge in [0.2, 0.25) is 5.91 Å². The maximum Gasteiger partial charge on any atom is 0.243 e. The van der Waals surface area contributed by atoms with Crippen molar-refractivity contribution in [1.29, 1.82) is 5.41 Å². The lowest BCUT2D eigenvalue weighted by Gasteiger charge is -2.18. The summed E-state index contributed by atoms with van der Waals surface area (Å²) in [5.41, 5.74) is 1.77.